The monoisotopic (exact) mass is 430 g/mol. The van der Waals surface area contributed by atoms with Crippen LogP contribution < -0.4 is 19.5 Å². The van der Waals surface area contributed by atoms with E-state index in [1.165, 1.54) is 39.3 Å². The molecule has 0 saturated heterocycles. The Kier molecular flexibility index (Phi) is 6.41. The van der Waals surface area contributed by atoms with E-state index in [9.17, 15) is 21.6 Å². The van der Waals surface area contributed by atoms with Crippen molar-refractivity contribution < 1.29 is 31.1 Å². The van der Waals surface area contributed by atoms with Crippen LogP contribution in [0.15, 0.2) is 40.1 Å². The summed E-state index contributed by atoms with van der Waals surface area (Å²) >= 11 is 0. The Balaban J connectivity index is 2.30. The molecule has 1 aromatic carbocycles. The van der Waals surface area contributed by atoms with E-state index < -0.39 is 35.7 Å². The summed E-state index contributed by atoms with van der Waals surface area (Å²) in [6.07, 6.45) is 0. The van der Waals surface area contributed by atoms with Crippen LogP contribution in [0.4, 0.5) is 10.7 Å². The van der Waals surface area contributed by atoms with E-state index in [1.54, 1.807) is 4.72 Å². The molecule has 2 aromatic rings. The number of aromatic nitrogens is 2. The second-order valence-electron chi connectivity index (χ2n) is 5.19. The average Bonchev–Trinajstić information content (AvgIpc) is 2.67. The number of amides is 2. The normalized spacial score (nSPS) is 11.5. The first-order valence-electron chi connectivity index (χ1n) is 7.75. The van der Waals surface area contributed by atoms with Gasteiger partial charge in [-0.25, -0.2) is 26.4 Å². The van der Waals surface area contributed by atoms with Gasteiger partial charge in [0.2, 0.25) is 17.7 Å². The van der Waals surface area contributed by atoms with Crippen molar-refractivity contribution in [1.29, 1.82) is 0 Å². The molecule has 13 heteroatoms. The number of hydrogen-bond donors (Lipinski definition) is 2. The molecule has 0 spiro atoms. The van der Waals surface area contributed by atoms with Gasteiger partial charge in [-0.3, -0.25) is 5.32 Å². The van der Waals surface area contributed by atoms with E-state index in [0.29, 0.717) is 0 Å². The quantitative estimate of drug-likeness (QED) is 0.649. The van der Waals surface area contributed by atoms with Gasteiger partial charge in [-0.1, -0.05) is 19.1 Å². The molecule has 0 aliphatic carbocycles. The summed E-state index contributed by atoms with van der Waals surface area (Å²) in [6.45, 7) is 1.38. The number of nitrogens with zero attached hydrogens (tertiary/aromatic N) is 2. The highest BCUT2D eigenvalue weighted by Crippen LogP contribution is 2.22. The fourth-order valence-corrected chi connectivity index (χ4v) is 4.73. The molecular formula is C15H18N4O7S2. The second-order valence-corrected chi connectivity index (χ2v) is 9.08. The van der Waals surface area contributed by atoms with Crippen LogP contribution in [-0.2, 0) is 19.9 Å². The standard InChI is InChI=1S/C15H18N4O7S2/c1-4-27(21,22)10-7-5-6-8-11(10)28(23,24)19-15(20)18-14-16-12(25-2)9-13(17-14)26-3/h5-9H,4H2,1-3H3,(H2,16,17,18,19,20). The molecule has 1 heterocycles. The molecule has 11 nitrogen and oxygen atoms in total. The van der Waals surface area contributed by atoms with E-state index in [4.69, 9.17) is 9.47 Å². The van der Waals surface area contributed by atoms with Gasteiger partial charge in [0.05, 0.1) is 30.9 Å². The third-order valence-electron chi connectivity index (χ3n) is 3.40. The number of carbonyl (C=O) groups excluding carboxylic acids is 1. The van der Waals surface area contributed by atoms with Crippen LogP contribution in [0.2, 0.25) is 0 Å². The Bertz CT molecular complexity index is 1060. The lowest BCUT2D eigenvalue weighted by atomic mass is 10.4. The molecule has 28 heavy (non-hydrogen) atoms. The molecule has 0 atom stereocenters. The van der Waals surface area contributed by atoms with Gasteiger partial charge < -0.3 is 9.47 Å². The molecule has 0 radical (unpaired) electrons. The van der Waals surface area contributed by atoms with Gasteiger partial charge in [-0.15, -0.1) is 0 Å². The van der Waals surface area contributed by atoms with Crippen molar-refractivity contribution in [1.82, 2.24) is 14.7 Å². The molecule has 2 amide bonds. The first-order chi connectivity index (χ1) is 13.1. The van der Waals surface area contributed by atoms with E-state index in [2.05, 4.69) is 15.3 Å². The molecule has 2 rings (SSSR count). The predicted molar refractivity (Wildman–Crippen MR) is 98.6 cm³/mol. The van der Waals surface area contributed by atoms with Crippen LogP contribution in [0, 0.1) is 0 Å². The molecular weight excluding hydrogens is 412 g/mol. The van der Waals surface area contributed by atoms with E-state index >= 15 is 0 Å². The number of ether oxygens (including phenoxy) is 2. The first kappa shape index (κ1) is 21.4. The molecule has 1 aromatic heterocycles. The van der Waals surface area contributed by atoms with Crippen molar-refractivity contribution in [2.45, 2.75) is 16.7 Å². The van der Waals surface area contributed by atoms with Gasteiger partial charge >= 0.3 is 6.03 Å². The van der Waals surface area contributed by atoms with Gasteiger partial charge in [-0.2, -0.15) is 9.97 Å². The number of hydrogen-bond acceptors (Lipinski definition) is 9. The van der Waals surface area contributed by atoms with E-state index in [0.717, 1.165) is 12.1 Å². The molecule has 0 unspecified atom stereocenters. The second kappa shape index (κ2) is 8.39. The topological polar surface area (TPSA) is 154 Å². The zero-order valence-corrected chi connectivity index (χ0v) is 16.8. The summed E-state index contributed by atoms with van der Waals surface area (Å²) < 4.78 is 60.9. The van der Waals surface area contributed by atoms with Crippen LogP contribution in [-0.4, -0.2) is 52.8 Å². The Morgan fingerprint density at radius 3 is 2.04 bits per heavy atom. The van der Waals surface area contributed by atoms with Gasteiger partial charge in [0, 0.05) is 0 Å². The minimum absolute atomic E-state index is 0.0735. The minimum Gasteiger partial charge on any atom is -0.481 e. The van der Waals surface area contributed by atoms with Crippen molar-refractivity contribution in [2.24, 2.45) is 0 Å². The largest absolute Gasteiger partial charge is 0.481 e. The highest BCUT2D eigenvalue weighted by Gasteiger charge is 2.27. The Morgan fingerprint density at radius 1 is 1.00 bits per heavy atom. The molecule has 0 aliphatic heterocycles. The van der Waals surface area contributed by atoms with Crippen LogP contribution >= 0.6 is 0 Å². The lowest BCUT2D eigenvalue weighted by molar-refractivity contribution is 0.256. The third kappa shape index (κ3) is 4.86. The van der Waals surface area contributed by atoms with Gasteiger partial charge in [0.15, 0.2) is 9.84 Å². The fourth-order valence-electron chi connectivity index (χ4n) is 2.06. The number of carbonyl (C=O) groups is 1. The minimum atomic E-state index is -4.49. The van der Waals surface area contributed by atoms with Crippen LogP contribution in [0.25, 0.3) is 0 Å². The summed E-state index contributed by atoms with van der Waals surface area (Å²) in [7, 11) is -5.66. The summed E-state index contributed by atoms with van der Waals surface area (Å²) in [6, 6.07) is 5.13. The average molecular weight is 430 g/mol. The number of urea groups is 1. The number of rotatable bonds is 7. The highest BCUT2D eigenvalue weighted by molar-refractivity contribution is 7.93. The van der Waals surface area contributed by atoms with E-state index in [-0.39, 0.29) is 23.5 Å². The maximum absolute atomic E-state index is 12.5. The summed E-state index contributed by atoms with van der Waals surface area (Å²) in [5.74, 6) is -0.435. The summed E-state index contributed by atoms with van der Waals surface area (Å²) in [4.78, 5) is 18.8. The van der Waals surface area contributed by atoms with Crippen molar-refractivity contribution in [3.8, 4) is 11.8 Å². The SMILES string of the molecule is CCS(=O)(=O)c1ccccc1S(=O)(=O)NC(=O)Nc1nc(OC)cc(OC)n1. The van der Waals surface area contributed by atoms with Gasteiger partial charge in [0.1, 0.15) is 4.90 Å². The number of benzene rings is 1. The van der Waals surface area contributed by atoms with Gasteiger partial charge in [-0.05, 0) is 12.1 Å². The fraction of sp³-hybridized carbons (Fsp3) is 0.267. The lowest BCUT2D eigenvalue weighted by Gasteiger charge is -2.12. The van der Waals surface area contributed by atoms with Crippen molar-refractivity contribution in [3.05, 3.63) is 30.3 Å². The van der Waals surface area contributed by atoms with Crippen LogP contribution in [0.3, 0.4) is 0 Å². The molecule has 0 aliphatic rings. The zero-order chi connectivity index (χ0) is 20.9. The Labute approximate surface area is 162 Å². The summed E-state index contributed by atoms with van der Waals surface area (Å²) in [5.41, 5.74) is 0. The number of methoxy groups -OCH3 is 2. The zero-order valence-electron chi connectivity index (χ0n) is 15.2. The lowest BCUT2D eigenvalue weighted by Crippen LogP contribution is -2.35. The summed E-state index contributed by atoms with van der Waals surface area (Å²) in [5, 5.41) is 2.13. The number of sulfonamides is 1. The van der Waals surface area contributed by atoms with Crippen molar-refractivity contribution in [2.75, 3.05) is 25.3 Å². The van der Waals surface area contributed by atoms with Crippen LogP contribution in [0.1, 0.15) is 6.92 Å². The molecule has 2 N–H and O–H groups in total. The Hall–Kier alpha value is -2.93. The molecule has 0 fully saturated rings. The Morgan fingerprint density at radius 2 is 1.54 bits per heavy atom. The van der Waals surface area contributed by atoms with Crippen molar-refractivity contribution >= 4 is 31.8 Å². The van der Waals surface area contributed by atoms with Gasteiger partial charge in [0.25, 0.3) is 10.0 Å². The van der Waals surface area contributed by atoms with E-state index in [1.807, 2.05) is 0 Å². The maximum Gasteiger partial charge on any atom is 0.335 e. The third-order valence-corrected chi connectivity index (χ3v) is 6.71. The number of anilines is 1. The molecule has 152 valence electrons. The molecule has 0 bridgehead atoms. The number of nitrogens with one attached hydrogen (secondary N) is 2. The smallest absolute Gasteiger partial charge is 0.335 e. The predicted octanol–water partition coefficient (Wildman–Crippen LogP) is 0.798. The number of sulfone groups is 1. The van der Waals surface area contributed by atoms with Crippen molar-refractivity contribution in [3.63, 3.8) is 0 Å². The highest BCUT2D eigenvalue weighted by atomic mass is 32.2. The first-order valence-corrected chi connectivity index (χ1v) is 10.9. The maximum atomic E-state index is 12.5. The molecule has 0 saturated carbocycles. The van der Waals surface area contributed by atoms with Crippen LogP contribution in [0.5, 0.6) is 11.8 Å².